The molecule has 10 heteroatoms. The van der Waals surface area contributed by atoms with Crippen LogP contribution in [0.25, 0.3) is 5.82 Å². The number of rotatable bonds is 5. The van der Waals surface area contributed by atoms with E-state index in [1.54, 1.807) is 0 Å². The Kier molecular flexibility index (Phi) is 4.36. The normalized spacial score (nSPS) is 15.7. The SMILES string of the molecule is COC(=O)c1ccc(-n2ccc(OCC3(C(F)(F)F)CC3)n2)nc1Cl. The van der Waals surface area contributed by atoms with Crippen molar-refractivity contribution in [2.75, 3.05) is 13.7 Å². The van der Waals surface area contributed by atoms with Gasteiger partial charge >= 0.3 is 12.1 Å². The number of esters is 1. The summed E-state index contributed by atoms with van der Waals surface area (Å²) < 4.78 is 49.7. The van der Waals surface area contributed by atoms with E-state index in [0.29, 0.717) is 0 Å². The van der Waals surface area contributed by atoms with E-state index >= 15 is 0 Å². The van der Waals surface area contributed by atoms with Crippen molar-refractivity contribution in [3.8, 4) is 11.7 Å². The maximum absolute atomic E-state index is 12.9. The summed E-state index contributed by atoms with van der Waals surface area (Å²) in [6.45, 7) is -0.469. The number of alkyl halides is 3. The number of ether oxygens (including phenoxy) is 2. The quantitative estimate of drug-likeness (QED) is 0.591. The van der Waals surface area contributed by atoms with Gasteiger partial charge in [0.05, 0.1) is 12.7 Å². The molecule has 0 radical (unpaired) electrons. The van der Waals surface area contributed by atoms with Crippen molar-refractivity contribution in [2.24, 2.45) is 5.41 Å². The predicted octanol–water partition coefficient (Wildman–Crippen LogP) is 3.43. The molecular formula is C15H13ClF3N3O3. The first kappa shape index (κ1) is 17.5. The van der Waals surface area contributed by atoms with E-state index in [0.717, 1.165) is 0 Å². The average molecular weight is 376 g/mol. The number of halogens is 4. The number of aromatic nitrogens is 3. The molecular weight excluding hydrogens is 363 g/mol. The largest absolute Gasteiger partial charge is 0.476 e. The number of pyridine rings is 1. The minimum absolute atomic E-state index is 0.0468. The van der Waals surface area contributed by atoms with E-state index in [9.17, 15) is 18.0 Å². The fourth-order valence-corrected chi connectivity index (χ4v) is 2.43. The van der Waals surface area contributed by atoms with Crippen molar-refractivity contribution in [3.63, 3.8) is 0 Å². The Hall–Kier alpha value is -2.29. The van der Waals surface area contributed by atoms with Crippen LogP contribution in [0.2, 0.25) is 5.15 Å². The van der Waals surface area contributed by atoms with Crippen LogP contribution in [0.4, 0.5) is 13.2 Å². The van der Waals surface area contributed by atoms with Crippen LogP contribution in [0.5, 0.6) is 5.88 Å². The molecule has 0 aliphatic heterocycles. The number of hydrogen-bond acceptors (Lipinski definition) is 5. The first-order chi connectivity index (χ1) is 11.8. The van der Waals surface area contributed by atoms with Gasteiger partial charge in [0.15, 0.2) is 5.82 Å². The number of nitrogens with zero attached hydrogens (tertiary/aromatic N) is 3. The van der Waals surface area contributed by atoms with Gasteiger partial charge in [0.2, 0.25) is 5.88 Å². The maximum atomic E-state index is 12.9. The van der Waals surface area contributed by atoms with E-state index in [1.165, 1.54) is 36.2 Å². The third-order valence-electron chi connectivity index (χ3n) is 3.99. The highest BCUT2D eigenvalue weighted by atomic mass is 35.5. The van der Waals surface area contributed by atoms with Gasteiger partial charge in [0.25, 0.3) is 0 Å². The fraction of sp³-hybridized carbons (Fsp3) is 0.400. The molecule has 1 fully saturated rings. The molecule has 25 heavy (non-hydrogen) atoms. The van der Waals surface area contributed by atoms with Crippen LogP contribution in [-0.4, -0.2) is 40.6 Å². The lowest BCUT2D eigenvalue weighted by Gasteiger charge is -2.18. The lowest BCUT2D eigenvalue weighted by atomic mass is 10.1. The van der Waals surface area contributed by atoms with Gasteiger partial charge < -0.3 is 9.47 Å². The molecule has 0 unspecified atom stereocenters. The van der Waals surface area contributed by atoms with Crippen LogP contribution in [0, 0.1) is 5.41 Å². The zero-order chi connectivity index (χ0) is 18.2. The van der Waals surface area contributed by atoms with Crippen LogP contribution >= 0.6 is 11.6 Å². The molecule has 3 rings (SSSR count). The standard InChI is InChI=1S/C15H13ClF3N3O3/c1-24-13(23)9-2-3-10(20-12(9)16)22-7-4-11(21-22)25-8-14(5-6-14)15(17,18)19/h2-4,7H,5-6,8H2,1H3. The Morgan fingerprint density at radius 3 is 2.64 bits per heavy atom. The summed E-state index contributed by atoms with van der Waals surface area (Å²) in [7, 11) is 1.22. The number of carbonyl (C=O) groups is 1. The van der Waals surface area contributed by atoms with Gasteiger partial charge in [-0.3, -0.25) is 0 Å². The third-order valence-corrected chi connectivity index (χ3v) is 4.28. The summed E-state index contributed by atoms with van der Waals surface area (Å²) >= 11 is 5.93. The zero-order valence-electron chi connectivity index (χ0n) is 13.0. The molecule has 0 atom stereocenters. The van der Waals surface area contributed by atoms with Gasteiger partial charge in [-0.25, -0.2) is 14.5 Å². The summed E-state index contributed by atoms with van der Waals surface area (Å²) in [5.41, 5.74) is -1.67. The molecule has 1 aliphatic carbocycles. The van der Waals surface area contributed by atoms with Crippen molar-refractivity contribution < 1.29 is 27.4 Å². The molecule has 1 aliphatic rings. The second-order valence-corrected chi connectivity index (χ2v) is 6.02. The second kappa shape index (κ2) is 6.21. The second-order valence-electron chi connectivity index (χ2n) is 5.66. The summed E-state index contributed by atoms with van der Waals surface area (Å²) in [4.78, 5) is 15.5. The Balaban J connectivity index is 1.72. The molecule has 0 spiro atoms. The summed E-state index contributed by atoms with van der Waals surface area (Å²) in [6.07, 6.45) is -2.69. The minimum Gasteiger partial charge on any atom is -0.476 e. The predicted molar refractivity (Wildman–Crippen MR) is 80.9 cm³/mol. The smallest absolute Gasteiger partial charge is 0.397 e. The summed E-state index contributed by atoms with van der Waals surface area (Å²) in [5.74, 6) is -0.301. The summed E-state index contributed by atoms with van der Waals surface area (Å²) in [6, 6.07) is 4.32. The first-order valence-corrected chi connectivity index (χ1v) is 7.64. The van der Waals surface area contributed by atoms with Crippen molar-refractivity contribution in [1.29, 1.82) is 0 Å². The van der Waals surface area contributed by atoms with Gasteiger partial charge in [-0.05, 0) is 25.0 Å². The molecule has 2 aromatic rings. The molecule has 0 N–H and O–H groups in total. The first-order valence-electron chi connectivity index (χ1n) is 7.26. The van der Waals surface area contributed by atoms with E-state index in [-0.39, 0.29) is 35.3 Å². The molecule has 0 saturated heterocycles. The fourth-order valence-electron chi connectivity index (χ4n) is 2.20. The van der Waals surface area contributed by atoms with Gasteiger partial charge in [-0.2, -0.15) is 13.2 Å². The zero-order valence-corrected chi connectivity index (χ0v) is 13.8. The molecule has 2 heterocycles. The highest BCUT2D eigenvalue weighted by Crippen LogP contribution is 2.57. The molecule has 134 valence electrons. The Morgan fingerprint density at radius 2 is 2.08 bits per heavy atom. The van der Waals surface area contributed by atoms with Crippen molar-refractivity contribution in [2.45, 2.75) is 19.0 Å². The summed E-state index contributed by atoms with van der Waals surface area (Å²) in [5, 5.41) is 3.95. The van der Waals surface area contributed by atoms with E-state index in [2.05, 4.69) is 14.8 Å². The lowest BCUT2D eigenvalue weighted by molar-refractivity contribution is -0.194. The van der Waals surface area contributed by atoms with Crippen LogP contribution in [0.15, 0.2) is 24.4 Å². The van der Waals surface area contributed by atoms with Crippen LogP contribution in [0.1, 0.15) is 23.2 Å². The Bertz CT molecular complexity index is 803. The van der Waals surface area contributed by atoms with Crippen LogP contribution < -0.4 is 4.74 Å². The topological polar surface area (TPSA) is 66.2 Å². The lowest BCUT2D eigenvalue weighted by Crippen LogP contribution is -2.30. The molecule has 2 aromatic heterocycles. The van der Waals surface area contributed by atoms with Gasteiger partial charge in [0.1, 0.15) is 17.2 Å². The Morgan fingerprint density at radius 1 is 1.36 bits per heavy atom. The van der Waals surface area contributed by atoms with Crippen LogP contribution in [0.3, 0.4) is 0 Å². The van der Waals surface area contributed by atoms with Gasteiger partial charge in [-0.15, -0.1) is 5.10 Å². The monoisotopic (exact) mass is 375 g/mol. The van der Waals surface area contributed by atoms with Crippen molar-refractivity contribution in [3.05, 3.63) is 35.1 Å². The van der Waals surface area contributed by atoms with E-state index in [1.807, 2.05) is 0 Å². The van der Waals surface area contributed by atoms with Crippen molar-refractivity contribution >= 4 is 17.6 Å². The number of methoxy groups -OCH3 is 1. The van der Waals surface area contributed by atoms with E-state index in [4.69, 9.17) is 16.3 Å². The highest BCUT2D eigenvalue weighted by Gasteiger charge is 2.63. The molecule has 0 aromatic carbocycles. The average Bonchev–Trinajstić information content (AvgIpc) is 3.23. The molecule has 0 bridgehead atoms. The van der Waals surface area contributed by atoms with Crippen molar-refractivity contribution in [1.82, 2.24) is 14.8 Å². The highest BCUT2D eigenvalue weighted by molar-refractivity contribution is 6.32. The van der Waals surface area contributed by atoms with E-state index < -0.39 is 24.2 Å². The maximum Gasteiger partial charge on any atom is 0.397 e. The third kappa shape index (κ3) is 3.41. The van der Waals surface area contributed by atoms with Crippen LogP contribution in [-0.2, 0) is 4.74 Å². The minimum atomic E-state index is -4.28. The molecule has 1 saturated carbocycles. The molecule has 6 nitrogen and oxygen atoms in total. The number of carbonyl (C=O) groups excluding carboxylic acids is 1. The van der Waals surface area contributed by atoms with Gasteiger partial charge in [-0.1, -0.05) is 11.6 Å². The van der Waals surface area contributed by atoms with Gasteiger partial charge in [0, 0.05) is 12.3 Å². The molecule has 0 amide bonds. The number of hydrogen-bond donors (Lipinski definition) is 0. The Labute approximate surface area is 145 Å².